The molecule has 2 aromatic carbocycles. The first-order chi connectivity index (χ1) is 14.5. The molecule has 6 heteroatoms. The minimum Gasteiger partial charge on any atom is -0.493 e. The lowest BCUT2D eigenvalue weighted by molar-refractivity contribution is -0.116. The molecule has 0 spiro atoms. The fraction of sp³-hybridized carbons (Fsp3) is 0.250. The van der Waals surface area contributed by atoms with E-state index in [-0.39, 0.29) is 23.1 Å². The Hall–Kier alpha value is -3.12. The number of benzene rings is 2. The van der Waals surface area contributed by atoms with E-state index in [2.05, 4.69) is 5.32 Å². The molecule has 5 nitrogen and oxygen atoms in total. The third-order valence-corrected chi connectivity index (χ3v) is 6.49. The van der Waals surface area contributed by atoms with Gasteiger partial charge in [0.25, 0.3) is 0 Å². The Kier molecular flexibility index (Phi) is 5.59. The van der Waals surface area contributed by atoms with Gasteiger partial charge in [0.05, 0.1) is 12.3 Å². The maximum atomic E-state index is 12.7. The molecule has 0 aliphatic carbocycles. The highest BCUT2D eigenvalue weighted by atomic mass is 32.1. The Balaban J connectivity index is 1.89. The van der Waals surface area contributed by atoms with Gasteiger partial charge in [-0.2, -0.15) is 0 Å². The zero-order chi connectivity index (χ0) is 21.3. The molecule has 1 amide bonds. The van der Waals surface area contributed by atoms with E-state index < -0.39 is 5.97 Å². The van der Waals surface area contributed by atoms with Crippen LogP contribution in [-0.4, -0.2) is 23.6 Å². The number of anilines is 1. The highest BCUT2D eigenvalue weighted by Crippen LogP contribution is 2.50. The van der Waals surface area contributed by atoms with E-state index in [1.165, 1.54) is 11.3 Å². The number of carbonyl (C=O) groups excluding carboxylic acids is 1. The van der Waals surface area contributed by atoms with Crippen LogP contribution in [0.3, 0.4) is 0 Å². The standard InChI is InChI=1S/C24H23NO4S/c1-3-12-29-18-7-5-4-6-16(18)17-13-19(26)25-21-20(15-10-8-14(2)9-11-15)23(24(27)28)30-22(17)21/h4-11,17H,3,12-13H2,1-2H3,(H,25,26)(H,27,28). The Morgan fingerprint density at radius 1 is 1.20 bits per heavy atom. The topological polar surface area (TPSA) is 75.6 Å². The lowest BCUT2D eigenvalue weighted by Gasteiger charge is -2.25. The SMILES string of the molecule is CCCOc1ccccc1C1CC(=O)Nc2c1sc(C(=O)O)c2-c1ccc(C)cc1. The Labute approximate surface area is 179 Å². The molecule has 0 saturated carbocycles. The van der Waals surface area contributed by atoms with E-state index in [1.54, 1.807) is 0 Å². The molecule has 0 fully saturated rings. The van der Waals surface area contributed by atoms with Crippen molar-refractivity contribution >= 4 is 28.9 Å². The van der Waals surface area contributed by atoms with Crippen LogP contribution in [0.15, 0.2) is 48.5 Å². The van der Waals surface area contributed by atoms with E-state index in [1.807, 2.05) is 62.4 Å². The Morgan fingerprint density at radius 3 is 2.63 bits per heavy atom. The number of hydrogen-bond donors (Lipinski definition) is 2. The van der Waals surface area contributed by atoms with Gasteiger partial charge in [-0.25, -0.2) is 4.79 Å². The van der Waals surface area contributed by atoms with E-state index >= 15 is 0 Å². The van der Waals surface area contributed by atoms with Crippen molar-refractivity contribution in [2.24, 2.45) is 0 Å². The third-order valence-electron chi connectivity index (χ3n) is 5.20. The fourth-order valence-corrected chi connectivity index (χ4v) is 5.03. The molecule has 1 unspecified atom stereocenters. The largest absolute Gasteiger partial charge is 0.493 e. The molecule has 1 atom stereocenters. The monoisotopic (exact) mass is 421 g/mol. The summed E-state index contributed by atoms with van der Waals surface area (Å²) in [6.07, 6.45) is 1.14. The van der Waals surface area contributed by atoms with E-state index in [4.69, 9.17) is 4.74 Å². The highest BCUT2D eigenvalue weighted by molar-refractivity contribution is 7.15. The van der Waals surface area contributed by atoms with Crippen LogP contribution >= 0.6 is 11.3 Å². The molecule has 2 heterocycles. The van der Waals surface area contributed by atoms with Crippen molar-refractivity contribution in [1.29, 1.82) is 0 Å². The second-order valence-electron chi connectivity index (χ2n) is 7.41. The summed E-state index contributed by atoms with van der Waals surface area (Å²) in [6, 6.07) is 15.4. The van der Waals surface area contributed by atoms with Gasteiger partial charge in [0, 0.05) is 28.3 Å². The van der Waals surface area contributed by atoms with Crippen LogP contribution in [0.2, 0.25) is 0 Å². The highest BCUT2D eigenvalue weighted by Gasteiger charge is 2.35. The first-order valence-corrected chi connectivity index (χ1v) is 10.8. The summed E-state index contributed by atoms with van der Waals surface area (Å²) in [6.45, 7) is 4.61. The number of aromatic carboxylic acids is 1. The number of para-hydroxylation sites is 1. The molecule has 3 aromatic rings. The van der Waals surface area contributed by atoms with Gasteiger partial charge in [-0.15, -0.1) is 11.3 Å². The summed E-state index contributed by atoms with van der Waals surface area (Å²) in [5.74, 6) is -0.620. The van der Waals surface area contributed by atoms with Crippen molar-refractivity contribution in [2.45, 2.75) is 32.6 Å². The number of carboxylic acids is 1. The minimum absolute atomic E-state index is 0.124. The van der Waals surface area contributed by atoms with Crippen molar-refractivity contribution in [3.63, 3.8) is 0 Å². The molecule has 2 N–H and O–H groups in total. The smallest absolute Gasteiger partial charge is 0.346 e. The molecule has 0 bridgehead atoms. The zero-order valence-corrected chi connectivity index (χ0v) is 17.7. The van der Waals surface area contributed by atoms with Gasteiger partial charge in [-0.05, 0) is 25.0 Å². The number of amides is 1. The van der Waals surface area contributed by atoms with E-state index in [0.29, 0.717) is 17.9 Å². The number of carboxylic acid groups (broad SMARTS) is 1. The molecule has 1 aliphatic heterocycles. The van der Waals surface area contributed by atoms with Crippen molar-refractivity contribution in [2.75, 3.05) is 11.9 Å². The van der Waals surface area contributed by atoms with Gasteiger partial charge in [0.2, 0.25) is 5.91 Å². The summed E-state index contributed by atoms with van der Waals surface area (Å²) >= 11 is 1.24. The maximum absolute atomic E-state index is 12.7. The molecule has 1 aromatic heterocycles. The Bertz CT molecular complexity index is 1100. The molecule has 30 heavy (non-hydrogen) atoms. The molecular weight excluding hydrogens is 398 g/mol. The predicted octanol–water partition coefficient (Wildman–Crippen LogP) is 5.68. The van der Waals surface area contributed by atoms with Crippen LogP contribution in [0.1, 0.15) is 51.4 Å². The second-order valence-corrected chi connectivity index (χ2v) is 8.46. The van der Waals surface area contributed by atoms with Crippen LogP contribution in [-0.2, 0) is 4.79 Å². The first kappa shape index (κ1) is 20.2. The van der Waals surface area contributed by atoms with Crippen LogP contribution in [0.5, 0.6) is 5.75 Å². The average Bonchev–Trinajstić information content (AvgIpc) is 3.12. The van der Waals surface area contributed by atoms with Crippen molar-refractivity contribution in [1.82, 2.24) is 0 Å². The number of thiophene rings is 1. The van der Waals surface area contributed by atoms with E-state index in [9.17, 15) is 14.7 Å². The van der Waals surface area contributed by atoms with Crippen molar-refractivity contribution < 1.29 is 19.4 Å². The number of hydrogen-bond acceptors (Lipinski definition) is 4. The zero-order valence-electron chi connectivity index (χ0n) is 16.9. The predicted molar refractivity (Wildman–Crippen MR) is 119 cm³/mol. The number of nitrogens with one attached hydrogen (secondary N) is 1. The molecule has 0 radical (unpaired) electrons. The van der Waals surface area contributed by atoms with Gasteiger partial charge in [0.15, 0.2) is 0 Å². The maximum Gasteiger partial charge on any atom is 0.346 e. The van der Waals surface area contributed by atoms with Gasteiger partial charge >= 0.3 is 5.97 Å². The van der Waals surface area contributed by atoms with Gasteiger partial charge < -0.3 is 15.2 Å². The molecule has 4 rings (SSSR count). The van der Waals surface area contributed by atoms with Crippen LogP contribution in [0, 0.1) is 6.92 Å². The molecule has 1 aliphatic rings. The van der Waals surface area contributed by atoms with Crippen LogP contribution in [0.4, 0.5) is 5.69 Å². The number of rotatable bonds is 6. The summed E-state index contributed by atoms with van der Waals surface area (Å²) < 4.78 is 5.93. The summed E-state index contributed by atoms with van der Waals surface area (Å²) in [5.41, 5.74) is 3.96. The van der Waals surface area contributed by atoms with Crippen LogP contribution < -0.4 is 10.1 Å². The number of ether oxygens (including phenoxy) is 1. The van der Waals surface area contributed by atoms with E-state index in [0.717, 1.165) is 33.7 Å². The van der Waals surface area contributed by atoms with Crippen LogP contribution in [0.25, 0.3) is 11.1 Å². The molecule has 154 valence electrons. The number of fused-ring (bicyclic) bond motifs is 1. The van der Waals surface area contributed by atoms with Gasteiger partial charge in [-0.1, -0.05) is 55.0 Å². The quantitative estimate of drug-likeness (QED) is 0.536. The summed E-state index contributed by atoms with van der Waals surface area (Å²) in [4.78, 5) is 25.8. The first-order valence-electron chi connectivity index (χ1n) is 9.98. The fourth-order valence-electron chi connectivity index (χ4n) is 3.80. The lowest BCUT2D eigenvalue weighted by atomic mass is 9.88. The second kappa shape index (κ2) is 8.32. The van der Waals surface area contributed by atoms with Crippen molar-refractivity contribution in [3.05, 3.63) is 69.4 Å². The Morgan fingerprint density at radius 2 is 1.93 bits per heavy atom. The molecule has 0 saturated heterocycles. The minimum atomic E-state index is -0.992. The summed E-state index contributed by atoms with van der Waals surface area (Å²) in [5, 5.41) is 12.8. The summed E-state index contributed by atoms with van der Waals surface area (Å²) in [7, 11) is 0. The van der Waals surface area contributed by atoms with Gasteiger partial charge in [-0.3, -0.25) is 4.79 Å². The third kappa shape index (κ3) is 3.71. The normalized spacial score (nSPS) is 15.4. The molecular formula is C24H23NO4S. The van der Waals surface area contributed by atoms with Crippen molar-refractivity contribution in [3.8, 4) is 16.9 Å². The average molecular weight is 422 g/mol. The lowest BCUT2D eigenvalue weighted by Crippen LogP contribution is -2.23. The number of carbonyl (C=O) groups is 2. The number of aryl methyl sites for hydroxylation is 1. The van der Waals surface area contributed by atoms with Gasteiger partial charge in [0.1, 0.15) is 10.6 Å².